The first-order chi connectivity index (χ1) is 16.8. The van der Waals surface area contributed by atoms with Gasteiger partial charge >= 0.3 is 6.09 Å². The molecular formula is C25H27N5O5. The fraction of sp³-hybridized carbons (Fsp3) is 0.240. The number of nitrogens with zero attached hydrogens (tertiary/aromatic N) is 2. The van der Waals surface area contributed by atoms with Crippen molar-refractivity contribution in [2.24, 2.45) is 5.73 Å². The van der Waals surface area contributed by atoms with Crippen LogP contribution in [0.2, 0.25) is 0 Å². The Morgan fingerprint density at radius 1 is 1.03 bits per heavy atom. The Bertz CT molecular complexity index is 1200. The number of ether oxygens (including phenoxy) is 1. The van der Waals surface area contributed by atoms with Crippen molar-refractivity contribution in [3.8, 4) is 5.69 Å². The largest absolute Gasteiger partial charge is 0.450 e. The first-order valence-corrected chi connectivity index (χ1v) is 11.0. The van der Waals surface area contributed by atoms with E-state index in [1.807, 2.05) is 6.07 Å². The molecule has 0 aliphatic heterocycles. The molecule has 0 radical (unpaired) electrons. The number of hydrogen-bond acceptors (Lipinski definition) is 6. The monoisotopic (exact) mass is 477 g/mol. The topological polar surface area (TPSA) is 145 Å². The predicted molar refractivity (Wildman–Crippen MR) is 128 cm³/mol. The van der Waals surface area contributed by atoms with Crippen LogP contribution in [-0.2, 0) is 27.3 Å². The lowest BCUT2D eigenvalue weighted by Gasteiger charge is -2.17. The number of nitrogens with two attached hydrogens (primary N) is 1. The zero-order valence-electron chi connectivity index (χ0n) is 19.5. The van der Waals surface area contributed by atoms with Gasteiger partial charge in [-0.3, -0.25) is 14.4 Å². The van der Waals surface area contributed by atoms with Gasteiger partial charge in [0.15, 0.2) is 0 Å². The molecule has 4 N–H and O–H groups in total. The third-order valence-electron chi connectivity index (χ3n) is 5.10. The summed E-state index contributed by atoms with van der Waals surface area (Å²) in [4.78, 5) is 48.6. The van der Waals surface area contributed by atoms with E-state index in [0.717, 1.165) is 11.1 Å². The van der Waals surface area contributed by atoms with Crippen LogP contribution in [0.5, 0.6) is 0 Å². The summed E-state index contributed by atoms with van der Waals surface area (Å²) in [6, 6.07) is 16.5. The normalized spacial score (nSPS) is 11.4. The highest BCUT2D eigenvalue weighted by atomic mass is 16.5. The summed E-state index contributed by atoms with van der Waals surface area (Å²) in [5.74, 6) is -2.58. The number of amides is 3. The van der Waals surface area contributed by atoms with Crippen LogP contribution < -0.4 is 16.4 Å². The number of rotatable bonds is 10. The van der Waals surface area contributed by atoms with Crippen LogP contribution in [-0.4, -0.2) is 46.1 Å². The zero-order chi connectivity index (χ0) is 25.4. The standard InChI is InChI=1S/C25H27N5O5/c1-3-35-25(34)27-15-18-9-11-19(12-10-18)30-21(13-16(2)29-30)24(33)28-20(22(31)23(26)32)14-17-7-5-4-6-8-17/h4-13,20H,3,14-15H2,1-2H3,(H2,26,32)(H,27,34)(H,28,33). The highest BCUT2D eigenvalue weighted by Crippen LogP contribution is 2.15. The zero-order valence-corrected chi connectivity index (χ0v) is 19.5. The van der Waals surface area contributed by atoms with E-state index in [4.69, 9.17) is 10.5 Å². The van der Waals surface area contributed by atoms with Crippen molar-refractivity contribution in [3.05, 3.63) is 83.2 Å². The van der Waals surface area contributed by atoms with Gasteiger partial charge in [0.25, 0.3) is 11.8 Å². The first kappa shape index (κ1) is 25.2. The Hall–Kier alpha value is -4.47. The van der Waals surface area contributed by atoms with E-state index in [1.54, 1.807) is 68.4 Å². The number of aryl methyl sites for hydroxylation is 1. The lowest BCUT2D eigenvalue weighted by Crippen LogP contribution is -2.47. The van der Waals surface area contributed by atoms with Crippen LogP contribution in [0.1, 0.15) is 34.2 Å². The molecule has 0 spiro atoms. The maximum atomic E-state index is 13.1. The van der Waals surface area contributed by atoms with Crippen LogP contribution >= 0.6 is 0 Å². The molecule has 1 atom stereocenters. The number of alkyl carbamates (subject to hydrolysis) is 1. The van der Waals surface area contributed by atoms with Gasteiger partial charge < -0.3 is 21.1 Å². The maximum absolute atomic E-state index is 13.1. The van der Waals surface area contributed by atoms with Gasteiger partial charge in [-0.05, 0) is 43.2 Å². The number of primary amides is 1. The Labute approximate surface area is 202 Å². The number of Topliss-reactive ketones (excluding diaryl/α,β-unsaturated/α-hetero) is 1. The number of nitrogens with one attached hydrogen (secondary N) is 2. The molecule has 1 unspecified atom stereocenters. The molecule has 10 heteroatoms. The van der Waals surface area contributed by atoms with E-state index in [-0.39, 0.29) is 25.3 Å². The van der Waals surface area contributed by atoms with Crippen molar-refractivity contribution >= 4 is 23.7 Å². The average Bonchev–Trinajstić information content (AvgIpc) is 3.24. The second-order valence-electron chi connectivity index (χ2n) is 7.77. The van der Waals surface area contributed by atoms with Gasteiger partial charge in [-0.25, -0.2) is 9.48 Å². The molecule has 1 aromatic heterocycles. The molecule has 0 aliphatic carbocycles. The van der Waals surface area contributed by atoms with E-state index in [9.17, 15) is 19.2 Å². The molecule has 0 saturated carbocycles. The fourth-order valence-corrected chi connectivity index (χ4v) is 3.43. The summed E-state index contributed by atoms with van der Waals surface area (Å²) in [6.07, 6.45) is -0.391. The molecule has 182 valence electrons. The lowest BCUT2D eigenvalue weighted by atomic mass is 10.0. The molecule has 35 heavy (non-hydrogen) atoms. The number of ketones is 1. The summed E-state index contributed by atoms with van der Waals surface area (Å²) in [7, 11) is 0. The van der Waals surface area contributed by atoms with Gasteiger partial charge in [0.2, 0.25) is 5.78 Å². The quantitative estimate of drug-likeness (QED) is 0.380. The predicted octanol–water partition coefficient (Wildman–Crippen LogP) is 1.82. The van der Waals surface area contributed by atoms with Crippen LogP contribution in [0.4, 0.5) is 4.79 Å². The van der Waals surface area contributed by atoms with Gasteiger partial charge in [0.05, 0.1) is 18.0 Å². The summed E-state index contributed by atoms with van der Waals surface area (Å²) in [5.41, 5.74) is 8.18. The van der Waals surface area contributed by atoms with E-state index in [0.29, 0.717) is 11.4 Å². The average molecular weight is 478 g/mol. The summed E-state index contributed by atoms with van der Waals surface area (Å²) in [6.45, 7) is 4.02. The van der Waals surface area contributed by atoms with Crippen molar-refractivity contribution in [1.29, 1.82) is 0 Å². The highest BCUT2D eigenvalue weighted by molar-refractivity contribution is 6.38. The number of carbonyl (C=O) groups excluding carboxylic acids is 4. The Kier molecular flexibility index (Phi) is 8.33. The molecule has 0 saturated heterocycles. The number of aromatic nitrogens is 2. The van der Waals surface area contributed by atoms with Gasteiger partial charge in [-0.1, -0.05) is 42.5 Å². The second kappa shape index (κ2) is 11.6. The Morgan fingerprint density at radius 3 is 2.34 bits per heavy atom. The van der Waals surface area contributed by atoms with Crippen LogP contribution in [0.3, 0.4) is 0 Å². The first-order valence-electron chi connectivity index (χ1n) is 11.0. The minimum atomic E-state index is -1.12. The Morgan fingerprint density at radius 2 is 1.71 bits per heavy atom. The number of benzene rings is 2. The Balaban J connectivity index is 1.79. The molecule has 3 rings (SSSR count). The molecule has 3 amide bonds. The summed E-state index contributed by atoms with van der Waals surface area (Å²) in [5, 5.41) is 9.66. The second-order valence-corrected chi connectivity index (χ2v) is 7.77. The van der Waals surface area contributed by atoms with Gasteiger partial charge in [0, 0.05) is 13.0 Å². The number of carbonyl (C=O) groups is 4. The van der Waals surface area contributed by atoms with Crippen molar-refractivity contribution < 1.29 is 23.9 Å². The van der Waals surface area contributed by atoms with Gasteiger partial charge in [-0.2, -0.15) is 5.10 Å². The molecule has 0 fully saturated rings. The molecular weight excluding hydrogens is 450 g/mol. The third-order valence-corrected chi connectivity index (χ3v) is 5.10. The van der Waals surface area contributed by atoms with Crippen LogP contribution in [0.25, 0.3) is 5.69 Å². The third kappa shape index (κ3) is 6.76. The van der Waals surface area contributed by atoms with E-state index < -0.39 is 29.7 Å². The molecule has 2 aromatic carbocycles. The van der Waals surface area contributed by atoms with Crippen molar-refractivity contribution in [2.75, 3.05) is 6.61 Å². The molecule has 0 bridgehead atoms. The van der Waals surface area contributed by atoms with Crippen LogP contribution in [0, 0.1) is 6.92 Å². The number of hydrogen-bond donors (Lipinski definition) is 3. The highest BCUT2D eigenvalue weighted by Gasteiger charge is 2.27. The van der Waals surface area contributed by atoms with Crippen LogP contribution in [0.15, 0.2) is 60.7 Å². The minimum absolute atomic E-state index is 0.115. The maximum Gasteiger partial charge on any atom is 0.407 e. The van der Waals surface area contributed by atoms with Gasteiger partial charge in [0.1, 0.15) is 11.7 Å². The fourth-order valence-electron chi connectivity index (χ4n) is 3.43. The van der Waals surface area contributed by atoms with E-state index in [2.05, 4.69) is 15.7 Å². The summed E-state index contributed by atoms with van der Waals surface area (Å²) >= 11 is 0. The molecule has 1 heterocycles. The van der Waals surface area contributed by atoms with E-state index in [1.165, 1.54) is 4.68 Å². The van der Waals surface area contributed by atoms with Crippen molar-refractivity contribution in [3.63, 3.8) is 0 Å². The smallest absolute Gasteiger partial charge is 0.407 e. The van der Waals surface area contributed by atoms with E-state index >= 15 is 0 Å². The molecule has 0 aliphatic rings. The van der Waals surface area contributed by atoms with Gasteiger partial charge in [-0.15, -0.1) is 0 Å². The molecule has 10 nitrogen and oxygen atoms in total. The molecule has 3 aromatic rings. The SMILES string of the molecule is CCOC(=O)NCc1ccc(-n2nc(C)cc2C(=O)NC(Cc2ccccc2)C(=O)C(N)=O)cc1. The van der Waals surface area contributed by atoms with Crippen molar-refractivity contribution in [1.82, 2.24) is 20.4 Å². The summed E-state index contributed by atoms with van der Waals surface area (Å²) < 4.78 is 6.29. The van der Waals surface area contributed by atoms with Crippen molar-refractivity contribution in [2.45, 2.75) is 32.9 Å². The lowest BCUT2D eigenvalue weighted by molar-refractivity contribution is -0.137. The minimum Gasteiger partial charge on any atom is -0.450 e.